The molecule has 88 valence electrons. The summed E-state index contributed by atoms with van der Waals surface area (Å²) in [5.41, 5.74) is 0.644. The van der Waals surface area contributed by atoms with Crippen molar-refractivity contribution >= 4 is 34.2 Å². The first kappa shape index (κ1) is 12.6. The first-order valence-corrected chi connectivity index (χ1v) is 6.58. The molecule has 2 rings (SSSR count). The lowest BCUT2D eigenvalue weighted by molar-refractivity contribution is 0.476. The topological polar surface area (TPSA) is 9.23 Å². The van der Waals surface area contributed by atoms with E-state index in [4.69, 9.17) is 16.3 Å². The maximum absolute atomic E-state index is 13.0. The molecule has 0 aromatic heterocycles. The molecule has 0 saturated heterocycles. The second kappa shape index (κ2) is 5.69. The van der Waals surface area contributed by atoms with Crippen molar-refractivity contribution in [2.24, 2.45) is 0 Å². The molecule has 0 aliphatic heterocycles. The Balaban J connectivity index is 2.26. The van der Waals surface area contributed by atoms with Crippen molar-refractivity contribution in [1.82, 2.24) is 0 Å². The van der Waals surface area contributed by atoms with E-state index in [9.17, 15) is 4.39 Å². The quantitative estimate of drug-likeness (QED) is 0.554. The van der Waals surface area contributed by atoms with E-state index in [1.54, 1.807) is 6.07 Å². The van der Waals surface area contributed by atoms with Gasteiger partial charge in [0, 0.05) is 9.13 Å². The zero-order chi connectivity index (χ0) is 12.3. The van der Waals surface area contributed by atoms with E-state index in [-0.39, 0.29) is 11.7 Å². The van der Waals surface area contributed by atoms with Gasteiger partial charge in [-0.05, 0) is 65.1 Å². The maximum atomic E-state index is 13.0. The summed E-state index contributed by atoms with van der Waals surface area (Å²) in [5.74, 6) is 1.21. The molecule has 17 heavy (non-hydrogen) atoms. The van der Waals surface area contributed by atoms with E-state index in [0.717, 1.165) is 3.57 Å². The molecule has 0 fully saturated rings. The zero-order valence-electron chi connectivity index (χ0n) is 8.79. The Hall–Kier alpha value is -0.810. The molecule has 1 nitrogen and oxygen atoms in total. The molecule has 0 aliphatic rings. The van der Waals surface area contributed by atoms with Crippen LogP contribution in [0.5, 0.6) is 11.5 Å². The molecular weight excluding hydrogens is 353 g/mol. The van der Waals surface area contributed by atoms with Gasteiger partial charge in [0.25, 0.3) is 0 Å². The summed E-state index contributed by atoms with van der Waals surface area (Å²) in [6.45, 7) is 0. The molecule has 2 aromatic rings. The van der Waals surface area contributed by atoms with E-state index in [2.05, 4.69) is 22.6 Å². The second-order valence-corrected chi connectivity index (χ2v) is 4.95. The summed E-state index contributed by atoms with van der Waals surface area (Å²) in [4.78, 5) is 0. The van der Waals surface area contributed by atoms with Crippen LogP contribution in [0.25, 0.3) is 0 Å². The smallest absolute Gasteiger partial charge is 0.132 e. The van der Waals surface area contributed by atoms with E-state index < -0.39 is 0 Å². The summed E-state index contributed by atoms with van der Waals surface area (Å²) in [6, 6.07) is 11.9. The van der Waals surface area contributed by atoms with Gasteiger partial charge in [0.1, 0.15) is 17.3 Å². The molecule has 0 amide bonds. The van der Waals surface area contributed by atoms with Crippen LogP contribution in [0, 0.1) is 9.39 Å². The van der Waals surface area contributed by atoms with Gasteiger partial charge in [0.15, 0.2) is 0 Å². The molecular formula is C13H9ClFIO. The minimum Gasteiger partial charge on any atom is -0.457 e. The monoisotopic (exact) mass is 362 g/mol. The van der Waals surface area contributed by atoms with Gasteiger partial charge in [-0.2, -0.15) is 0 Å². The fourth-order valence-electron chi connectivity index (χ4n) is 1.38. The lowest BCUT2D eigenvalue weighted by Crippen LogP contribution is -1.90. The first-order chi connectivity index (χ1) is 8.19. The number of hydrogen-bond donors (Lipinski definition) is 0. The van der Waals surface area contributed by atoms with Crippen LogP contribution in [-0.4, -0.2) is 0 Å². The third kappa shape index (κ3) is 3.33. The van der Waals surface area contributed by atoms with Crippen LogP contribution < -0.4 is 4.74 Å². The second-order valence-electron chi connectivity index (χ2n) is 3.44. The Morgan fingerprint density at radius 2 is 1.82 bits per heavy atom. The summed E-state index contributed by atoms with van der Waals surface area (Å²) in [5, 5.41) is 0. The lowest BCUT2D eigenvalue weighted by atomic mass is 10.2. The van der Waals surface area contributed by atoms with Crippen LogP contribution in [0.1, 0.15) is 5.56 Å². The number of rotatable bonds is 3. The summed E-state index contributed by atoms with van der Waals surface area (Å²) in [6.07, 6.45) is 0. The normalized spacial score (nSPS) is 10.3. The third-order valence-corrected chi connectivity index (χ3v) is 3.22. The van der Waals surface area contributed by atoms with E-state index in [1.165, 1.54) is 12.1 Å². The van der Waals surface area contributed by atoms with Crippen molar-refractivity contribution in [2.75, 3.05) is 0 Å². The molecule has 0 N–H and O–H groups in total. The Morgan fingerprint density at radius 1 is 1.12 bits per heavy atom. The average Bonchev–Trinajstić information content (AvgIpc) is 2.34. The van der Waals surface area contributed by atoms with E-state index in [0.29, 0.717) is 17.1 Å². The van der Waals surface area contributed by atoms with Crippen LogP contribution in [0.4, 0.5) is 4.39 Å². The van der Waals surface area contributed by atoms with Crippen LogP contribution >= 0.6 is 34.2 Å². The summed E-state index contributed by atoms with van der Waals surface area (Å²) >= 11 is 7.97. The Morgan fingerprint density at radius 3 is 2.47 bits per heavy atom. The highest BCUT2D eigenvalue weighted by Gasteiger charge is 2.05. The Kier molecular flexibility index (Phi) is 4.23. The van der Waals surface area contributed by atoms with Crippen LogP contribution in [-0.2, 0) is 5.88 Å². The van der Waals surface area contributed by atoms with Gasteiger partial charge in [-0.3, -0.25) is 0 Å². The highest BCUT2D eigenvalue weighted by Crippen LogP contribution is 2.27. The molecule has 2 aromatic carbocycles. The maximum Gasteiger partial charge on any atom is 0.132 e. The predicted molar refractivity (Wildman–Crippen MR) is 75.2 cm³/mol. The predicted octanol–water partition coefficient (Wildman–Crippen LogP) is 4.96. The molecule has 0 unspecified atom stereocenters. The molecule has 0 spiro atoms. The highest BCUT2D eigenvalue weighted by atomic mass is 127. The summed E-state index contributed by atoms with van der Waals surface area (Å²) < 4.78 is 19.8. The minimum absolute atomic E-state index is 0.220. The van der Waals surface area contributed by atoms with Crippen molar-refractivity contribution in [1.29, 1.82) is 0 Å². The zero-order valence-corrected chi connectivity index (χ0v) is 11.7. The Labute approximate surface area is 118 Å². The first-order valence-electron chi connectivity index (χ1n) is 4.97. The molecule has 0 bridgehead atoms. The number of ether oxygens (including phenoxy) is 1. The minimum atomic E-state index is -0.310. The van der Waals surface area contributed by atoms with Gasteiger partial charge in [-0.15, -0.1) is 11.6 Å². The fourth-order valence-corrected chi connectivity index (χ4v) is 1.95. The average molecular weight is 363 g/mol. The van der Waals surface area contributed by atoms with E-state index in [1.807, 2.05) is 24.3 Å². The van der Waals surface area contributed by atoms with Crippen LogP contribution in [0.3, 0.4) is 0 Å². The van der Waals surface area contributed by atoms with Crippen molar-refractivity contribution < 1.29 is 9.13 Å². The van der Waals surface area contributed by atoms with Gasteiger partial charge in [-0.1, -0.05) is 0 Å². The molecule has 0 heterocycles. The molecule has 0 saturated carbocycles. The van der Waals surface area contributed by atoms with Gasteiger partial charge < -0.3 is 4.74 Å². The van der Waals surface area contributed by atoms with Gasteiger partial charge in [0.05, 0.1) is 5.88 Å². The Bertz CT molecular complexity index is 513. The van der Waals surface area contributed by atoms with Crippen molar-refractivity contribution in [3.05, 3.63) is 57.4 Å². The van der Waals surface area contributed by atoms with Gasteiger partial charge in [-0.25, -0.2) is 4.39 Å². The number of alkyl halides is 1. The SMILES string of the molecule is Fc1ccc(Oc2ccc(I)cc2)c(CCl)c1. The lowest BCUT2D eigenvalue weighted by Gasteiger charge is -2.09. The van der Waals surface area contributed by atoms with Crippen molar-refractivity contribution in [2.45, 2.75) is 5.88 Å². The van der Waals surface area contributed by atoms with E-state index >= 15 is 0 Å². The largest absolute Gasteiger partial charge is 0.457 e. The van der Waals surface area contributed by atoms with Crippen LogP contribution in [0.15, 0.2) is 42.5 Å². The number of halogens is 3. The van der Waals surface area contributed by atoms with Gasteiger partial charge in [0.2, 0.25) is 0 Å². The molecule has 0 atom stereocenters. The van der Waals surface area contributed by atoms with Gasteiger partial charge >= 0.3 is 0 Å². The third-order valence-electron chi connectivity index (χ3n) is 2.21. The highest BCUT2D eigenvalue weighted by molar-refractivity contribution is 14.1. The molecule has 0 radical (unpaired) electrons. The van der Waals surface area contributed by atoms with Crippen molar-refractivity contribution in [3.63, 3.8) is 0 Å². The standard InChI is InChI=1S/C13H9ClFIO/c14-8-9-7-10(15)1-6-13(9)17-12-4-2-11(16)3-5-12/h1-7H,8H2. The number of benzene rings is 2. The number of hydrogen-bond acceptors (Lipinski definition) is 1. The van der Waals surface area contributed by atoms with Crippen LogP contribution in [0.2, 0.25) is 0 Å². The van der Waals surface area contributed by atoms with Crippen molar-refractivity contribution in [3.8, 4) is 11.5 Å². The fraction of sp³-hybridized carbons (Fsp3) is 0.0769. The molecule has 4 heteroatoms. The molecule has 0 aliphatic carbocycles. The summed E-state index contributed by atoms with van der Waals surface area (Å²) in [7, 11) is 0.